The average molecular weight is 253 g/mol. The number of carbonyl (C=O) groups excluding carboxylic acids is 1. The van der Waals surface area contributed by atoms with Crippen LogP contribution in [0, 0.1) is 16.0 Å². The van der Waals surface area contributed by atoms with Crippen LogP contribution in [-0.4, -0.2) is 18.0 Å². The molecule has 0 saturated heterocycles. The molecule has 6 heteroatoms. The lowest BCUT2D eigenvalue weighted by Gasteiger charge is -2.01. The molecule has 1 aromatic heterocycles. The molecule has 1 rings (SSSR count). The highest BCUT2D eigenvalue weighted by Crippen LogP contribution is 2.17. The molecule has 0 unspecified atom stereocenters. The predicted octanol–water partition coefficient (Wildman–Crippen LogP) is 2.73. The summed E-state index contributed by atoms with van der Waals surface area (Å²) in [5.74, 6) is -0.156. The summed E-state index contributed by atoms with van der Waals surface area (Å²) in [4.78, 5) is 21.5. The van der Waals surface area contributed by atoms with E-state index in [4.69, 9.17) is 4.42 Å². The number of carbonyl (C=O) groups is 1. The van der Waals surface area contributed by atoms with Crippen molar-refractivity contribution in [3.8, 4) is 0 Å². The van der Waals surface area contributed by atoms with E-state index in [1.54, 1.807) is 0 Å². The molecule has 0 saturated carbocycles. The second-order valence-corrected chi connectivity index (χ2v) is 4.18. The molecule has 0 aliphatic rings. The van der Waals surface area contributed by atoms with Gasteiger partial charge in [0.25, 0.3) is 0 Å². The van der Waals surface area contributed by atoms with Crippen LogP contribution in [0.15, 0.2) is 22.2 Å². The van der Waals surface area contributed by atoms with Crippen molar-refractivity contribution in [2.45, 2.75) is 20.3 Å². The molecule has 0 bridgehead atoms. The van der Waals surface area contributed by atoms with Crippen molar-refractivity contribution in [2.75, 3.05) is 7.11 Å². The molecule has 0 radical (unpaired) electrons. The van der Waals surface area contributed by atoms with E-state index >= 15 is 0 Å². The predicted molar refractivity (Wildman–Crippen MR) is 64.5 cm³/mol. The summed E-state index contributed by atoms with van der Waals surface area (Å²) in [5.41, 5.74) is 0.0516. The van der Waals surface area contributed by atoms with Gasteiger partial charge in [0.15, 0.2) is 0 Å². The fourth-order valence-electron chi connectivity index (χ4n) is 1.41. The number of hydrogen-bond acceptors (Lipinski definition) is 5. The molecule has 0 fully saturated rings. The van der Waals surface area contributed by atoms with E-state index in [0.29, 0.717) is 6.42 Å². The highest BCUT2D eigenvalue weighted by atomic mass is 16.6. The molecule has 0 amide bonds. The minimum Gasteiger partial charge on any atom is -0.463 e. The Balaban J connectivity index is 2.94. The summed E-state index contributed by atoms with van der Waals surface area (Å²) in [6.45, 7) is 3.78. The Morgan fingerprint density at radius 3 is 2.72 bits per heavy atom. The first kappa shape index (κ1) is 14.0. The Hall–Kier alpha value is -2.11. The van der Waals surface area contributed by atoms with Crippen LogP contribution in [0.1, 0.15) is 36.6 Å². The van der Waals surface area contributed by atoms with Gasteiger partial charge in [0.05, 0.1) is 18.1 Å². The molecule has 0 aliphatic heterocycles. The summed E-state index contributed by atoms with van der Waals surface area (Å²) in [7, 11) is 1.24. The molecule has 6 nitrogen and oxygen atoms in total. The molecule has 0 spiro atoms. The lowest BCUT2D eigenvalue weighted by molar-refractivity contribution is -0.427. The van der Waals surface area contributed by atoms with Crippen molar-refractivity contribution in [1.29, 1.82) is 0 Å². The minimum atomic E-state index is -0.610. The third-order valence-corrected chi connectivity index (χ3v) is 2.17. The van der Waals surface area contributed by atoms with E-state index in [1.807, 2.05) is 13.8 Å². The van der Waals surface area contributed by atoms with Gasteiger partial charge in [-0.25, -0.2) is 4.79 Å². The maximum Gasteiger partial charge on any atom is 0.373 e. The first-order chi connectivity index (χ1) is 8.43. The van der Waals surface area contributed by atoms with Gasteiger partial charge in [0.2, 0.25) is 11.5 Å². The summed E-state index contributed by atoms with van der Waals surface area (Å²) in [6.07, 6.45) is 1.66. The van der Waals surface area contributed by atoms with Crippen molar-refractivity contribution < 1.29 is 18.9 Å². The van der Waals surface area contributed by atoms with E-state index in [0.717, 1.165) is 0 Å². The second-order valence-electron chi connectivity index (χ2n) is 4.18. The van der Waals surface area contributed by atoms with E-state index < -0.39 is 10.9 Å². The number of esters is 1. The molecule has 98 valence electrons. The van der Waals surface area contributed by atoms with Gasteiger partial charge in [0.1, 0.15) is 5.76 Å². The topological polar surface area (TPSA) is 82.6 Å². The van der Waals surface area contributed by atoms with Crippen molar-refractivity contribution in [1.82, 2.24) is 0 Å². The monoisotopic (exact) mass is 253 g/mol. The summed E-state index contributed by atoms with van der Waals surface area (Å²) in [5, 5.41) is 10.8. The van der Waals surface area contributed by atoms with Crippen LogP contribution in [-0.2, 0) is 4.74 Å². The number of furan rings is 1. The third-order valence-electron chi connectivity index (χ3n) is 2.17. The number of allylic oxidation sites excluding steroid dienone is 1. The number of nitro groups is 1. The number of nitrogens with zero attached hydrogens (tertiary/aromatic N) is 1. The molecule has 1 heterocycles. The lowest BCUT2D eigenvalue weighted by Crippen LogP contribution is -2.02. The van der Waals surface area contributed by atoms with Gasteiger partial charge in [-0.1, -0.05) is 13.8 Å². The maximum absolute atomic E-state index is 11.2. The van der Waals surface area contributed by atoms with Gasteiger partial charge in [-0.05, 0) is 18.1 Å². The summed E-state index contributed by atoms with van der Waals surface area (Å²) >= 11 is 0. The van der Waals surface area contributed by atoms with Crippen molar-refractivity contribution >= 4 is 12.0 Å². The quantitative estimate of drug-likeness (QED) is 0.457. The van der Waals surface area contributed by atoms with E-state index in [1.165, 1.54) is 25.3 Å². The molecule has 0 N–H and O–H groups in total. The number of rotatable bonds is 5. The SMILES string of the molecule is COC(=O)c1ccc(C=C(CC(C)C)[N+](=O)[O-])o1. The smallest absolute Gasteiger partial charge is 0.373 e. The van der Waals surface area contributed by atoms with Crippen LogP contribution in [0.3, 0.4) is 0 Å². The molecule has 0 atom stereocenters. The third kappa shape index (κ3) is 3.73. The number of ether oxygens (including phenoxy) is 1. The van der Waals surface area contributed by atoms with Crippen LogP contribution in [0.2, 0.25) is 0 Å². The van der Waals surface area contributed by atoms with E-state index in [2.05, 4.69) is 4.74 Å². The van der Waals surface area contributed by atoms with E-state index in [-0.39, 0.29) is 23.1 Å². The van der Waals surface area contributed by atoms with E-state index in [9.17, 15) is 14.9 Å². The van der Waals surface area contributed by atoms with Crippen molar-refractivity contribution in [2.24, 2.45) is 5.92 Å². The average Bonchev–Trinajstić information content (AvgIpc) is 2.75. The van der Waals surface area contributed by atoms with Gasteiger partial charge in [-0.15, -0.1) is 0 Å². The minimum absolute atomic E-state index is 0.0241. The first-order valence-corrected chi connectivity index (χ1v) is 5.47. The molecule has 1 aromatic rings. The van der Waals surface area contributed by atoms with Gasteiger partial charge >= 0.3 is 5.97 Å². The fraction of sp³-hybridized carbons (Fsp3) is 0.417. The van der Waals surface area contributed by atoms with Crippen LogP contribution in [0.4, 0.5) is 0 Å². The van der Waals surface area contributed by atoms with Crippen LogP contribution < -0.4 is 0 Å². The zero-order valence-corrected chi connectivity index (χ0v) is 10.5. The number of hydrogen-bond donors (Lipinski definition) is 0. The van der Waals surface area contributed by atoms with Gasteiger partial charge in [0, 0.05) is 6.42 Å². The Labute approximate surface area is 104 Å². The molecule has 0 aromatic carbocycles. The van der Waals surface area contributed by atoms with Gasteiger partial charge in [-0.2, -0.15) is 0 Å². The zero-order chi connectivity index (χ0) is 13.7. The highest BCUT2D eigenvalue weighted by Gasteiger charge is 2.16. The Morgan fingerprint density at radius 2 is 2.22 bits per heavy atom. The summed E-state index contributed by atoms with van der Waals surface area (Å²) < 4.78 is 9.62. The van der Waals surface area contributed by atoms with Crippen LogP contribution in [0.25, 0.3) is 6.08 Å². The molecular formula is C12H15NO5. The van der Waals surface area contributed by atoms with Crippen LogP contribution in [0.5, 0.6) is 0 Å². The first-order valence-electron chi connectivity index (χ1n) is 5.47. The zero-order valence-electron chi connectivity index (χ0n) is 10.5. The molecular weight excluding hydrogens is 238 g/mol. The Morgan fingerprint density at radius 1 is 1.56 bits per heavy atom. The van der Waals surface area contributed by atoms with Crippen LogP contribution >= 0.6 is 0 Å². The van der Waals surface area contributed by atoms with Crippen molar-refractivity contribution in [3.05, 3.63) is 39.5 Å². The Bertz CT molecular complexity index is 473. The lowest BCUT2D eigenvalue weighted by atomic mass is 10.1. The molecule has 0 aliphatic carbocycles. The molecule has 18 heavy (non-hydrogen) atoms. The standard InChI is InChI=1S/C12H15NO5/c1-8(2)6-9(13(15)16)7-10-4-5-11(18-10)12(14)17-3/h4-5,7-8H,6H2,1-3H3. The van der Waals surface area contributed by atoms with Gasteiger partial charge in [-0.3, -0.25) is 10.1 Å². The Kier molecular flexibility index (Phi) is 4.65. The second kappa shape index (κ2) is 6.00. The maximum atomic E-state index is 11.2. The number of methoxy groups -OCH3 is 1. The van der Waals surface area contributed by atoms with Crippen molar-refractivity contribution in [3.63, 3.8) is 0 Å². The normalized spacial score (nSPS) is 11.7. The summed E-state index contributed by atoms with van der Waals surface area (Å²) in [6, 6.07) is 2.92. The van der Waals surface area contributed by atoms with Gasteiger partial charge < -0.3 is 9.15 Å². The highest BCUT2D eigenvalue weighted by molar-refractivity contribution is 5.86. The largest absolute Gasteiger partial charge is 0.463 e. The fourth-order valence-corrected chi connectivity index (χ4v) is 1.41.